The van der Waals surface area contributed by atoms with Crippen LogP contribution in [0.5, 0.6) is 11.5 Å². The van der Waals surface area contributed by atoms with Gasteiger partial charge < -0.3 is 9.47 Å². The van der Waals surface area contributed by atoms with Gasteiger partial charge in [-0.05, 0) is 37.1 Å². The molecule has 100 valence electrons. The molecular weight excluding hydrogens is 279 g/mol. The largest absolute Gasteiger partial charge is 0.450 e. The van der Waals surface area contributed by atoms with E-state index in [0.717, 1.165) is 22.6 Å². The van der Waals surface area contributed by atoms with E-state index < -0.39 is 6.03 Å². The Morgan fingerprint density at radius 2 is 1.26 bits per heavy atom. The van der Waals surface area contributed by atoms with Gasteiger partial charge in [0.15, 0.2) is 0 Å². The van der Waals surface area contributed by atoms with Gasteiger partial charge in [0.05, 0.1) is 7.93 Å². The molecule has 0 saturated heterocycles. The van der Waals surface area contributed by atoms with E-state index in [4.69, 9.17) is 20.7 Å². The summed E-state index contributed by atoms with van der Waals surface area (Å²) in [5.74, 6) is 1.60. The van der Waals surface area contributed by atoms with Crippen molar-refractivity contribution in [3.05, 3.63) is 59.7 Å². The molecule has 0 fully saturated rings. The second-order valence-electron chi connectivity index (χ2n) is 4.21. The highest BCUT2D eigenvalue weighted by molar-refractivity contribution is 7.68. The Labute approximate surface area is 120 Å². The van der Waals surface area contributed by atoms with Gasteiger partial charge in [-0.3, -0.25) is 0 Å². The Balaban J connectivity index is 2.09. The summed E-state index contributed by atoms with van der Waals surface area (Å²) in [6.45, 7) is 4.00. The number of hydrogen-bond donors (Lipinski definition) is 0. The maximum atomic E-state index is 5.95. The summed E-state index contributed by atoms with van der Waals surface area (Å²) in [5.41, 5.74) is 2.13. The Hall–Kier alpha value is -1.24. The van der Waals surface area contributed by atoms with E-state index in [1.165, 1.54) is 0 Å². The zero-order valence-corrected chi connectivity index (χ0v) is 12.6. The lowest BCUT2D eigenvalue weighted by molar-refractivity contribution is 0.0813. The van der Waals surface area contributed by atoms with Gasteiger partial charge in [0, 0.05) is 0 Å². The van der Waals surface area contributed by atoms with Crippen molar-refractivity contribution in [3.8, 4) is 11.5 Å². The van der Waals surface area contributed by atoms with Crippen molar-refractivity contribution in [1.29, 1.82) is 0 Å². The second kappa shape index (κ2) is 6.79. The van der Waals surface area contributed by atoms with Crippen LogP contribution >= 0.6 is 19.2 Å². The topological polar surface area (TPSA) is 18.5 Å². The van der Waals surface area contributed by atoms with E-state index in [1.54, 1.807) is 0 Å². The highest BCUT2D eigenvalue weighted by Crippen LogP contribution is 2.31. The Morgan fingerprint density at radius 3 is 1.63 bits per heavy atom. The van der Waals surface area contributed by atoms with Crippen LogP contribution in [0, 0.1) is 13.8 Å². The van der Waals surface area contributed by atoms with Crippen LogP contribution in [0.15, 0.2) is 48.5 Å². The number of ether oxygens (including phenoxy) is 2. The third kappa shape index (κ3) is 3.86. The predicted octanol–water partition coefficient (Wildman–Crippen LogP) is 4.88. The van der Waals surface area contributed by atoms with Crippen molar-refractivity contribution in [2.75, 3.05) is 0 Å². The zero-order chi connectivity index (χ0) is 13.7. The van der Waals surface area contributed by atoms with E-state index in [9.17, 15) is 0 Å². The van der Waals surface area contributed by atoms with Crippen LogP contribution < -0.4 is 9.47 Å². The summed E-state index contributed by atoms with van der Waals surface area (Å²) in [7, 11) is 0.0205. The van der Waals surface area contributed by atoms with Crippen LogP contribution in [0.4, 0.5) is 0 Å². The lowest BCUT2D eigenvalue weighted by Gasteiger charge is -2.20. The van der Waals surface area contributed by atoms with Crippen molar-refractivity contribution in [2.24, 2.45) is 0 Å². The zero-order valence-electron chi connectivity index (χ0n) is 10.9. The molecule has 4 heteroatoms. The molecule has 1 atom stereocenters. The first kappa shape index (κ1) is 14.2. The molecule has 0 aliphatic rings. The number of rotatable bonds is 5. The number of halogens is 1. The summed E-state index contributed by atoms with van der Waals surface area (Å²) < 4.78 is 11.6. The third-order valence-electron chi connectivity index (χ3n) is 2.74. The maximum Gasteiger partial charge on any atom is 0.269 e. The normalized spacial score (nSPS) is 11.2. The molecule has 0 aromatic heterocycles. The molecule has 2 rings (SSSR count). The molecule has 2 aromatic rings. The van der Waals surface area contributed by atoms with E-state index in [-0.39, 0.29) is 7.93 Å². The standard InChI is InChI=1S/C15H16ClO2P/c1-11-7-3-5-9-13(11)17-15(19-16)18-14-10-6-4-8-12(14)2/h3-10,15,19H,1-2H3. The second-order valence-corrected chi connectivity index (χ2v) is 5.55. The van der Waals surface area contributed by atoms with Crippen LogP contribution in [-0.2, 0) is 0 Å². The fourth-order valence-electron chi connectivity index (χ4n) is 1.68. The lowest BCUT2D eigenvalue weighted by Crippen LogP contribution is -2.18. The highest BCUT2D eigenvalue weighted by Gasteiger charge is 2.13. The minimum atomic E-state index is -0.469. The SMILES string of the molecule is Cc1ccccc1OC(Oc1ccccc1C)PCl. The molecule has 0 bridgehead atoms. The number of aryl methyl sites for hydroxylation is 2. The fraction of sp³-hybridized carbons (Fsp3) is 0.200. The number of para-hydroxylation sites is 2. The van der Waals surface area contributed by atoms with Crippen LogP contribution in [0.1, 0.15) is 11.1 Å². The monoisotopic (exact) mass is 294 g/mol. The first-order chi connectivity index (χ1) is 9.20. The molecule has 0 N–H and O–H groups in total. The smallest absolute Gasteiger partial charge is 0.269 e. The van der Waals surface area contributed by atoms with Gasteiger partial charge in [-0.25, -0.2) is 0 Å². The number of hydrogen-bond acceptors (Lipinski definition) is 2. The summed E-state index contributed by atoms with van der Waals surface area (Å²) in [6, 6.07) is 15.2. The quantitative estimate of drug-likeness (QED) is 0.578. The predicted molar refractivity (Wildman–Crippen MR) is 81.6 cm³/mol. The Morgan fingerprint density at radius 1 is 0.842 bits per heavy atom. The van der Waals surface area contributed by atoms with Gasteiger partial charge in [-0.2, -0.15) is 0 Å². The van der Waals surface area contributed by atoms with Gasteiger partial charge in [-0.1, -0.05) is 47.6 Å². The molecule has 19 heavy (non-hydrogen) atoms. The molecule has 0 aliphatic carbocycles. The average Bonchev–Trinajstić information content (AvgIpc) is 2.42. The van der Waals surface area contributed by atoms with Crippen molar-refractivity contribution in [3.63, 3.8) is 0 Å². The first-order valence-electron chi connectivity index (χ1n) is 6.01. The summed E-state index contributed by atoms with van der Waals surface area (Å²) in [4.78, 5) is 0. The van der Waals surface area contributed by atoms with Crippen LogP contribution in [-0.4, -0.2) is 6.03 Å². The molecular formula is C15H16ClO2P. The summed E-state index contributed by atoms with van der Waals surface area (Å²) in [5, 5.41) is 0. The molecule has 0 amide bonds. The van der Waals surface area contributed by atoms with Gasteiger partial charge >= 0.3 is 0 Å². The minimum absolute atomic E-state index is 0.0205. The van der Waals surface area contributed by atoms with Gasteiger partial charge in [0.2, 0.25) is 0 Å². The van der Waals surface area contributed by atoms with Gasteiger partial charge in [0.1, 0.15) is 11.5 Å². The summed E-state index contributed by atoms with van der Waals surface area (Å²) in [6.07, 6.45) is 0. The Bertz CT molecular complexity index is 498. The van der Waals surface area contributed by atoms with E-state index >= 15 is 0 Å². The van der Waals surface area contributed by atoms with E-state index in [1.807, 2.05) is 62.4 Å². The molecule has 1 unspecified atom stereocenters. The average molecular weight is 295 g/mol. The van der Waals surface area contributed by atoms with Crippen LogP contribution in [0.3, 0.4) is 0 Å². The number of benzene rings is 2. The lowest BCUT2D eigenvalue weighted by atomic mass is 10.2. The molecule has 0 aliphatic heterocycles. The van der Waals surface area contributed by atoms with Gasteiger partial charge in [-0.15, -0.1) is 0 Å². The van der Waals surface area contributed by atoms with Gasteiger partial charge in [0.25, 0.3) is 6.03 Å². The highest BCUT2D eigenvalue weighted by atomic mass is 35.7. The molecule has 2 nitrogen and oxygen atoms in total. The first-order valence-corrected chi connectivity index (χ1v) is 8.10. The van der Waals surface area contributed by atoms with Crippen molar-refractivity contribution in [2.45, 2.75) is 19.9 Å². The van der Waals surface area contributed by atoms with E-state index in [0.29, 0.717) is 0 Å². The maximum absolute atomic E-state index is 5.95. The van der Waals surface area contributed by atoms with Crippen molar-refractivity contribution >= 4 is 19.2 Å². The molecule has 0 heterocycles. The van der Waals surface area contributed by atoms with Crippen LogP contribution in [0.2, 0.25) is 0 Å². The van der Waals surface area contributed by atoms with Crippen LogP contribution in [0.25, 0.3) is 0 Å². The van der Waals surface area contributed by atoms with E-state index in [2.05, 4.69) is 0 Å². The molecule has 0 saturated carbocycles. The fourth-order valence-corrected chi connectivity index (χ4v) is 2.29. The molecule has 2 aromatic carbocycles. The van der Waals surface area contributed by atoms with Crippen molar-refractivity contribution in [1.82, 2.24) is 0 Å². The minimum Gasteiger partial charge on any atom is -0.450 e. The Kier molecular flexibility index (Phi) is 5.07. The summed E-state index contributed by atoms with van der Waals surface area (Å²) >= 11 is 5.95. The molecule has 0 radical (unpaired) electrons. The third-order valence-corrected chi connectivity index (χ3v) is 3.69. The molecule has 0 spiro atoms. The van der Waals surface area contributed by atoms with Crippen molar-refractivity contribution < 1.29 is 9.47 Å².